The molecule has 0 aliphatic heterocycles. The van der Waals surface area contributed by atoms with Crippen LogP contribution in [0.15, 0.2) is 18.7 Å². The van der Waals surface area contributed by atoms with E-state index in [1.165, 1.54) is 0 Å². The second-order valence-corrected chi connectivity index (χ2v) is 5.29. The maximum Gasteiger partial charge on any atom is 0.243 e. The molecule has 0 spiro atoms. The first-order valence-electron chi connectivity index (χ1n) is 6.06. The molecule has 19 heavy (non-hydrogen) atoms. The number of anilines is 2. The van der Waals surface area contributed by atoms with E-state index in [1.54, 1.807) is 23.3 Å². The van der Waals surface area contributed by atoms with Crippen LogP contribution < -0.4 is 16.6 Å². The van der Waals surface area contributed by atoms with Crippen LogP contribution in [-0.4, -0.2) is 30.5 Å². The summed E-state index contributed by atoms with van der Waals surface area (Å²) in [4.78, 5) is 16.7. The Labute approximate surface area is 110 Å². The lowest BCUT2D eigenvalue weighted by atomic mass is 10.2. The highest BCUT2D eigenvalue weighted by molar-refractivity contribution is 5.39. The Morgan fingerprint density at radius 2 is 2.05 bits per heavy atom. The van der Waals surface area contributed by atoms with Crippen molar-refractivity contribution in [3.8, 4) is 5.95 Å². The predicted octanol–water partition coefficient (Wildman–Crippen LogP) is 0.553. The summed E-state index contributed by atoms with van der Waals surface area (Å²) >= 11 is 0. The molecule has 8 nitrogen and oxygen atoms in total. The van der Waals surface area contributed by atoms with Gasteiger partial charge in [0.15, 0.2) is 0 Å². The lowest BCUT2D eigenvalue weighted by molar-refractivity contribution is 0.628. The summed E-state index contributed by atoms with van der Waals surface area (Å²) in [6.45, 7) is 4.40. The van der Waals surface area contributed by atoms with Gasteiger partial charge in [-0.1, -0.05) is 13.8 Å². The number of aromatic nitrogens is 5. The molecule has 2 heterocycles. The zero-order valence-corrected chi connectivity index (χ0v) is 10.8. The Morgan fingerprint density at radius 3 is 2.63 bits per heavy atom. The van der Waals surface area contributed by atoms with Crippen LogP contribution in [0, 0.1) is 5.41 Å². The predicted molar refractivity (Wildman–Crippen MR) is 70.6 cm³/mol. The number of rotatable bonds is 4. The molecular weight excluding hydrogens is 244 g/mol. The van der Waals surface area contributed by atoms with Crippen molar-refractivity contribution in [2.75, 3.05) is 10.7 Å². The second kappa shape index (κ2) is 4.16. The van der Waals surface area contributed by atoms with E-state index in [0.717, 1.165) is 6.42 Å². The van der Waals surface area contributed by atoms with E-state index in [4.69, 9.17) is 5.84 Å². The number of imidazole rings is 1. The lowest BCUT2D eigenvalue weighted by Crippen LogP contribution is -2.17. The summed E-state index contributed by atoms with van der Waals surface area (Å²) in [5, 5.41) is 3.29. The molecule has 4 N–H and O–H groups in total. The van der Waals surface area contributed by atoms with Crippen LogP contribution >= 0.6 is 0 Å². The fourth-order valence-electron chi connectivity index (χ4n) is 1.86. The SMILES string of the molecule is CC1(C)CC1Nc1nc(NN)nc(-n2ccnc2)n1. The van der Waals surface area contributed by atoms with Crippen molar-refractivity contribution in [3.63, 3.8) is 0 Å². The number of nitrogens with one attached hydrogen (secondary N) is 2. The minimum Gasteiger partial charge on any atom is -0.351 e. The Hall–Kier alpha value is -2.22. The first-order chi connectivity index (χ1) is 9.08. The van der Waals surface area contributed by atoms with Gasteiger partial charge in [0.1, 0.15) is 6.33 Å². The van der Waals surface area contributed by atoms with Gasteiger partial charge in [0, 0.05) is 18.4 Å². The quantitative estimate of drug-likeness (QED) is 0.544. The highest BCUT2D eigenvalue weighted by atomic mass is 15.4. The average molecular weight is 260 g/mol. The van der Waals surface area contributed by atoms with Gasteiger partial charge in [0.05, 0.1) is 0 Å². The summed E-state index contributed by atoms with van der Waals surface area (Å²) in [6, 6.07) is 0.385. The van der Waals surface area contributed by atoms with Crippen LogP contribution in [0.25, 0.3) is 5.95 Å². The van der Waals surface area contributed by atoms with Crippen molar-refractivity contribution in [1.29, 1.82) is 0 Å². The fourth-order valence-corrected chi connectivity index (χ4v) is 1.86. The monoisotopic (exact) mass is 260 g/mol. The molecule has 1 aliphatic carbocycles. The van der Waals surface area contributed by atoms with Crippen molar-refractivity contribution in [2.45, 2.75) is 26.3 Å². The Balaban J connectivity index is 1.89. The Morgan fingerprint density at radius 1 is 1.32 bits per heavy atom. The molecule has 0 amide bonds. The first-order valence-corrected chi connectivity index (χ1v) is 6.06. The molecule has 0 saturated heterocycles. The van der Waals surface area contributed by atoms with E-state index < -0.39 is 0 Å². The molecule has 1 atom stereocenters. The number of hydrogen-bond donors (Lipinski definition) is 3. The van der Waals surface area contributed by atoms with Crippen LogP contribution in [0.4, 0.5) is 11.9 Å². The van der Waals surface area contributed by atoms with Gasteiger partial charge in [-0.3, -0.25) is 9.99 Å². The number of hydrogen-bond acceptors (Lipinski definition) is 7. The van der Waals surface area contributed by atoms with E-state index in [9.17, 15) is 0 Å². The molecular formula is C11H16N8. The van der Waals surface area contributed by atoms with Gasteiger partial charge in [-0.05, 0) is 11.8 Å². The van der Waals surface area contributed by atoms with Crippen LogP contribution in [-0.2, 0) is 0 Å². The fraction of sp³-hybridized carbons (Fsp3) is 0.455. The summed E-state index contributed by atoms with van der Waals surface area (Å²) in [5.41, 5.74) is 2.74. The normalized spacial score (nSPS) is 20.1. The van der Waals surface area contributed by atoms with E-state index >= 15 is 0 Å². The smallest absolute Gasteiger partial charge is 0.243 e. The standard InChI is InChI=1S/C11H16N8/c1-11(2)5-7(11)14-8-15-9(18-12)17-10(16-8)19-4-3-13-6-19/h3-4,6-7H,5,12H2,1-2H3,(H2,14,15,16,17,18). The van der Waals surface area contributed by atoms with Crippen molar-refractivity contribution in [1.82, 2.24) is 24.5 Å². The molecule has 0 radical (unpaired) electrons. The summed E-state index contributed by atoms with van der Waals surface area (Å²) in [7, 11) is 0. The number of nitrogen functional groups attached to an aromatic ring is 1. The third-order valence-corrected chi connectivity index (χ3v) is 3.30. The molecule has 0 aromatic carbocycles. The molecule has 100 valence electrons. The van der Waals surface area contributed by atoms with Gasteiger partial charge in [-0.25, -0.2) is 10.8 Å². The molecule has 1 fully saturated rings. The lowest BCUT2D eigenvalue weighted by Gasteiger charge is -2.09. The van der Waals surface area contributed by atoms with Crippen molar-refractivity contribution in [3.05, 3.63) is 18.7 Å². The highest BCUT2D eigenvalue weighted by Gasteiger charge is 2.46. The molecule has 8 heteroatoms. The third-order valence-electron chi connectivity index (χ3n) is 3.30. The summed E-state index contributed by atoms with van der Waals surface area (Å²) in [6.07, 6.45) is 6.15. The molecule has 0 bridgehead atoms. The summed E-state index contributed by atoms with van der Waals surface area (Å²) in [5.74, 6) is 6.69. The maximum atomic E-state index is 5.39. The van der Waals surface area contributed by atoms with E-state index in [-0.39, 0.29) is 5.41 Å². The van der Waals surface area contributed by atoms with Gasteiger partial charge in [-0.2, -0.15) is 15.0 Å². The van der Waals surface area contributed by atoms with Crippen molar-refractivity contribution < 1.29 is 0 Å². The van der Waals surface area contributed by atoms with E-state index in [2.05, 4.69) is 44.5 Å². The second-order valence-electron chi connectivity index (χ2n) is 5.29. The number of nitrogens with two attached hydrogens (primary N) is 1. The van der Waals surface area contributed by atoms with Gasteiger partial charge in [-0.15, -0.1) is 0 Å². The van der Waals surface area contributed by atoms with Crippen LogP contribution in [0.3, 0.4) is 0 Å². The molecule has 1 unspecified atom stereocenters. The number of hydrazine groups is 1. The van der Waals surface area contributed by atoms with Gasteiger partial charge in [0.25, 0.3) is 0 Å². The molecule has 1 saturated carbocycles. The Kier molecular flexibility index (Phi) is 2.59. The largest absolute Gasteiger partial charge is 0.351 e. The van der Waals surface area contributed by atoms with Gasteiger partial charge in [0.2, 0.25) is 17.8 Å². The van der Waals surface area contributed by atoms with Gasteiger partial charge >= 0.3 is 0 Å². The van der Waals surface area contributed by atoms with E-state index in [1.807, 2.05) is 0 Å². The summed E-state index contributed by atoms with van der Waals surface area (Å²) < 4.78 is 1.70. The molecule has 3 rings (SSSR count). The minimum absolute atomic E-state index is 0.290. The third kappa shape index (κ3) is 2.34. The molecule has 2 aromatic heterocycles. The molecule has 2 aromatic rings. The first kappa shape index (κ1) is 11.8. The topological polar surface area (TPSA) is 107 Å². The van der Waals surface area contributed by atoms with E-state index in [0.29, 0.717) is 23.9 Å². The highest BCUT2D eigenvalue weighted by Crippen LogP contribution is 2.46. The zero-order valence-electron chi connectivity index (χ0n) is 10.8. The zero-order chi connectivity index (χ0) is 13.5. The number of nitrogens with zero attached hydrogens (tertiary/aromatic N) is 5. The minimum atomic E-state index is 0.290. The Bertz CT molecular complexity index is 576. The average Bonchev–Trinajstić information content (AvgIpc) is 2.85. The van der Waals surface area contributed by atoms with Crippen molar-refractivity contribution in [2.24, 2.45) is 11.3 Å². The van der Waals surface area contributed by atoms with Crippen molar-refractivity contribution >= 4 is 11.9 Å². The van der Waals surface area contributed by atoms with Crippen LogP contribution in [0.5, 0.6) is 0 Å². The molecule has 1 aliphatic rings. The van der Waals surface area contributed by atoms with Crippen LogP contribution in [0.2, 0.25) is 0 Å². The van der Waals surface area contributed by atoms with Gasteiger partial charge < -0.3 is 5.32 Å². The van der Waals surface area contributed by atoms with Crippen LogP contribution in [0.1, 0.15) is 20.3 Å². The maximum absolute atomic E-state index is 5.39.